The number of ether oxygens (including phenoxy) is 1. The largest absolute Gasteiger partial charge is 0.444 e. The summed E-state index contributed by atoms with van der Waals surface area (Å²) in [5.41, 5.74) is 2.48. The van der Waals surface area contributed by atoms with Crippen molar-refractivity contribution in [1.29, 1.82) is 0 Å². The van der Waals surface area contributed by atoms with Crippen LogP contribution in [0, 0.1) is 24.4 Å². The summed E-state index contributed by atoms with van der Waals surface area (Å²) < 4.78 is 48.3. The maximum atomic E-state index is 14.6. The molecule has 1 saturated heterocycles. The molecule has 2 heterocycles. The van der Waals surface area contributed by atoms with Crippen molar-refractivity contribution in [2.24, 2.45) is 0 Å². The molecule has 5 rings (SSSR count). The smallest absolute Gasteiger partial charge is 0.410 e. The minimum absolute atomic E-state index is 0.248. The first kappa shape index (κ1) is 30.1. The van der Waals surface area contributed by atoms with Crippen LogP contribution in [0.2, 0.25) is 0 Å². The van der Waals surface area contributed by atoms with Crippen molar-refractivity contribution in [3.63, 3.8) is 0 Å². The van der Waals surface area contributed by atoms with Gasteiger partial charge in [0, 0.05) is 43.4 Å². The zero-order chi connectivity index (χ0) is 31.1. The normalized spacial score (nSPS) is 15.2. The van der Waals surface area contributed by atoms with Crippen LogP contribution >= 0.6 is 0 Å². The predicted octanol–water partition coefficient (Wildman–Crippen LogP) is 7.77. The highest BCUT2D eigenvalue weighted by Gasteiger charge is 2.34. The third-order valence-corrected chi connectivity index (χ3v) is 7.47. The Balaban J connectivity index is 1.59. The highest BCUT2D eigenvalue weighted by molar-refractivity contribution is 6.12. The molecule has 1 aliphatic heterocycles. The van der Waals surface area contributed by atoms with Gasteiger partial charge in [0.05, 0.1) is 17.1 Å². The van der Waals surface area contributed by atoms with E-state index in [0.717, 1.165) is 12.5 Å². The minimum atomic E-state index is -0.723. The molecule has 0 aliphatic carbocycles. The summed E-state index contributed by atoms with van der Waals surface area (Å²) in [6, 6.07) is 12.6. The Morgan fingerprint density at radius 2 is 1.63 bits per heavy atom. The molecule has 6 nitrogen and oxygen atoms in total. The number of rotatable bonds is 5. The van der Waals surface area contributed by atoms with Gasteiger partial charge in [-0.2, -0.15) is 0 Å². The maximum absolute atomic E-state index is 14.6. The Morgan fingerprint density at radius 3 is 2.30 bits per heavy atom. The summed E-state index contributed by atoms with van der Waals surface area (Å²) in [5, 5.41) is 0.453. The Kier molecular flexibility index (Phi) is 8.18. The number of pyridine rings is 1. The first-order valence-electron chi connectivity index (χ1n) is 14.2. The molecule has 0 radical (unpaired) electrons. The SMILES string of the molecule is Cc1cc(F)cc(-c2cnc3ccc(-c4cc(F)cc(F)c4)cc3c2C(=O)N(C)C[C@@H]2CCCN2C(=O)OC(C)(C)C)c1. The standard InChI is InChI=1S/C34H34F3N3O3/c1-20-11-23(15-24(35)12-20)29-18-38-30-9-8-21(22-13-25(36)17-26(37)14-22)16-28(30)31(29)32(41)39(5)19-27-7-6-10-40(27)33(42)43-34(2,3)4/h8-9,11-18,27H,6-7,10,19H2,1-5H3/t27-/m0/s1. The van der Waals surface area contributed by atoms with Crippen LogP contribution in [-0.4, -0.2) is 58.6 Å². The average molecular weight is 590 g/mol. The molecule has 0 N–H and O–H groups in total. The van der Waals surface area contributed by atoms with Crippen LogP contribution in [0.1, 0.15) is 49.5 Å². The zero-order valence-corrected chi connectivity index (χ0v) is 24.9. The van der Waals surface area contributed by atoms with E-state index < -0.39 is 29.1 Å². The molecule has 43 heavy (non-hydrogen) atoms. The molecule has 0 spiro atoms. The van der Waals surface area contributed by atoms with Gasteiger partial charge >= 0.3 is 6.09 Å². The molecule has 0 saturated carbocycles. The molecule has 1 aromatic heterocycles. The lowest BCUT2D eigenvalue weighted by Crippen LogP contribution is -2.45. The zero-order valence-electron chi connectivity index (χ0n) is 24.9. The number of likely N-dealkylation sites (tertiary alicyclic amines) is 1. The van der Waals surface area contributed by atoms with Crippen molar-refractivity contribution in [2.75, 3.05) is 20.1 Å². The number of hydrogen-bond donors (Lipinski definition) is 0. The van der Waals surface area contributed by atoms with Crippen LogP contribution < -0.4 is 0 Å². The number of carbonyl (C=O) groups is 2. The lowest BCUT2D eigenvalue weighted by atomic mass is 9.93. The summed E-state index contributed by atoms with van der Waals surface area (Å²) in [7, 11) is 1.66. The molecule has 1 aliphatic rings. The van der Waals surface area contributed by atoms with Gasteiger partial charge in [0.25, 0.3) is 5.91 Å². The lowest BCUT2D eigenvalue weighted by molar-refractivity contribution is 0.0199. The van der Waals surface area contributed by atoms with Crippen LogP contribution in [0.25, 0.3) is 33.2 Å². The maximum Gasteiger partial charge on any atom is 0.410 e. The van der Waals surface area contributed by atoms with Gasteiger partial charge < -0.3 is 14.5 Å². The van der Waals surface area contributed by atoms with Crippen molar-refractivity contribution < 1.29 is 27.5 Å². The fourth-order valence-electron chi connectivity index (χ4n) is 5.61. The summed E-state index contributed by atoms with van der Waals surface area (Å²) >= 11 is 0. The number of nitrogens with zero attached hydrogens (tertiary/aromatic N) is 3. The van der Waals surface area contributed by atoms with E-state index in [2.05, 4.69) is 4.98 Å². The summed E-state index contributed by atoms with van der Waals surface area (Å²) in [4.78, 5) is 35.0. The van der Waals surface area contributed by atoms with Gasteiger partial charge in [-0.25, -0.2) is 18.0 Å². The monoisotopic (exact) mass is 589 g/mol. The highest BCUT2D eigenvalue weighted by Crippen LogP contribution is 2.34. The second-order valence-electron chi connectivity index (χ2n) is 12.1. The van der Waals surface area contributed by atoms with Crippen molar-refractivity contribution in [3.8, 4) is 22.3 Å². The lowest BCUT2D eigenvalue weighted by Gasteiger charge is -2.31. The van der Waals surface area contributed by atoms with Crippen LogP contribution in [0.3, 0.4) is 0 Å². The molecule has 0 unspecified atom stereocenters. The van der Waals surface area contributed by atoms with E-state index in [9.17, 15) is 22.8 Å². The van der Waals surface area contributed by atoms with Crippen LogP contribution in [0.5, 0.6) is 0 Å². The number of likely N-dealkylation sites (N-methyl/N-ethyl adjacent to an activating group) is 1. The van der Waals surface area contributed by atoms with Crippen molar-refractivity contribution >= 4 is 22.9 Å². The van der Waals surface area contributed by atoms with E-state index in [0.29, 0.717) is 51.7 Å². The van der Waals surface area contributed by atoms with Gasteiger partial charge in [-0.1, -0.05) is 12.1 Å². The Morgan fingerprint density at radius 1 is 0.953 bits per heavy atom. The van der Waals surface area contributed by atoms with Gasteiger partial charge in [-0.05, 0) is 99.2 Å². The van der Waals surface area contributed by atoms with Crippen LogP contribution in [0.4, 0.5) is 18.0 Å². The molecule has 224 valence electrons. The Bertz CT molecular complexity index is 1670. The molecular formula is C34H34F3N3O3. The first-order valence-corrected chi connectivity index (χ1v) is 14.2. The summed E-state index contributed by atoms with van der Waals surface area (Å²) in [6.45, 7) is 7.96. The average Bonchev–Trinajstić information content (AvgIpc) is 3.38. The van der Waals surface area contributed by atoms with Gasteiger partial charge in [0.2, 0.25) is 0 Å². The van der Waals surface area contributed by atoms with Gasteiger partial charge in [0.1, 0.15) is 23.1 Å². The van der Waals surface area contributed by atoms with Gasteiger partial charge in [0.15, 0.2) is 0 Å². The number of carbonyl (C=O) groups excluding carboxylic acids is 2. The van der Waals surface area contributed by atoms with Crippen LogP contribution in [-0.2, 0) is 4.74 Å². The number of benzene rings is 3. The van der Waals surface area contributed by atoms with Crippen molar-refractivity contribution in [1.82, 2.24) is 14.8 Å². The molecule has 1 atom stereocenters. The van der Waals surface area contributed by atoms with Crippen molar-refractivity contribution in [2.45, 2.75) is 52.2 Å². The van der Waals surface area contributed by atoms with Gasteiger partial charge in [-0.3, -0.25) is 9.78 Å². The van der Waals surface area contributed by atoms with E-state index in [4.69, 9.17) is 4.74 Å². The third kappa shape index (κ3) is 6.66. The Hall–Kier alpha value is -4.40. The number of aromatic nitrogens is 1. The Labute approximate surface area is 249 Å². The first-order chi connectivity index (χ1) is 20.3. The number of halogens is 3. The van der Waals surface area contributed by atoms with Crippen LogP contribution in [0.15, 0.2) is 60.8 Å². The fourth-order valence-corrected chi connectivity index (χ4v) is 5.61. The number of aryl methyl sites for hydroxylation is 1. The molecule has 0 bridgehead atoms. The summed E-state index contributed by atoms with van der Waals surface area (Å²) in [6.07, 6.45) is 2.61. The van der Waals surface area contributed by atoms with Gasteiger partial charge in [-0.15, -0.1) is 0 Å². The molecule has 4 aromatic rings. The van der Waals surface area contributed by atoms with E-state index in [1.165, 1.54) is 24.3 Å². The predicted molar refractivity (Wildman–Crippen MR) is 160 cm³/mol. The van der Waals surface area contributed by atoms with E-state index in [-0.39, 0.29) is 24.1 Å². The number of hydrogen-bond acceptors (Lipinski definition) is 4. The third-order valence-electron chi connectivity index (χ3n) is 7.47. The number of amides is 2. The fraction of sp³-hybridized carbons (Fsp3) is 0.324. The second-order valence-corrected chi connectivity index (χ2v) is 12.1. The van der Waals surface area contributed by atoms with E-state index in [1.54, 1.807) is 54.2 Å². The summed E-state index contributed by atoms with van der Waals surface area (Å²) in [5.74, 6) is -2.26. The number of fused-ring (bicyclic) bond motifs is 1. The topological polar surface area (TPSA) is 62.7 Å². The van der Waals surface area contributed by atoms with E-state index in [1.807, 2.05) is 20.8 Å². The molecule has 2 amide bonds. The molecule has 1 fully saturated rings. The highest BCUT2D eigenvalue weighted by atomic mass is 19.1. The quantitative estimate of drug-likeness (QED) is 0.239. The second kappa shape index (κ2) is 11.7. The molecule has 9 heteroatoms. The molecule has 3 aromatic carbocycles. The van der Waals surface area contributed by atoms with Crippen molar-refractivity contribution in [3.05, 3.63) is 89.4 Å². The molecular weight excluding hydrogens is 555 g/mol. The minimum Gasteiger partial charge on any atom is -0.444 e. The van der Waals surface area contributed by atoms with E-state index >= 15 is 0 Å².